The second kappa shape index (κ2) is 9.27. The van der Waals surface area contributed by atoms with Gasteiger partial charge in [-0.2, -0.15) is 0 Å². The van der Waals surface area contributed by atoms with Gasteiger partial charge in [0, 0.05) is 24.5 Å². The van der Waals surface area contributed by atoms with Crippen LogP contribution in [0.25, 0.3) is 6.08 Å². The van der Waals surface area contributed by atoms with E-state index < -0.39 is 0 Å². The van der Waals surface area contributed by atoms with Gasteiger partial charge in [-0.05, 0) is 78.6 Å². The predicted molar refractivity (Wildman–Crippen MR) is 119 cm³/mol. The van der Waals surface area contributed by atoms with Gasteiger partial charge in [-0.15, -0.1) is 0 Å². The Kier molecular flexibility index (Phi) is 6.09. The molecule has 0 saturated carbocycles. The lowest BCUT2D eigenvalue weighted by Gasteiger charge is -2.17. The maximum absolute atomic E-state index is 6.00. The Morgan fingerprint density at radius 2 is 1.73 bits per heavy atom. The highest BCUT2D eigenvalue weighted by Gasteiger charge is 2.15. The van der Waals surface area contributed by atoms with Gasteiger partial charge >= 0.3 is 0 Å². The maximum Gasteiger partial charge on any atom is 0.169 e. The Morgan fingerprint density at radius 1 is 0.900 bits per heavy atom. The van der Waals surface area contributed by atoms with Crippen LogP contribution in [-0.4, -0.2) is 31.5 Å². The van der Waals surface area contributed by atoms with Gasteiger partial charge in [0.15, 0.2) is 11.5 Å². The minimum atomic E-state index is 0.662. The van der Waals surface area contributed by atoms with E-state index in [4.69, 9.17) is 19.2 Å². The standard InChI is InChI=1S/C25H24N2O3/c1-28-21-8-10-22(11-9-21)30-23-12-7-18(16-24(23)29-2)15-19-5-4-14-27-25(19)20-6-3-13-26-17-20/h3,6-13,15-17H,4-5,14H2,1-2H3/b19-15+. The minimum Gasteiger partial charge on any atom is -0.497 e. The number of hydrogen-bond acceptors (Lipinski definition) is 5. The molecule has 3 aromatic rings. The molecule has 5 heteroatoms. The molecule has 0 bridgehead atoms. The zero-order chi connectivity index (χ0) is 20.8. The molecule has 4 rings (SSSR count). The Bertz CT molecular complexity index is 1060. The topological polar surface area (TPSA) is 52.9 Å². The van der Waals surface area contributed by atoms with E-state index in [1.54, 1.807) is 20.4 Å². The summed E-state index contributed by atoms with van der Waals surface area (Å²) < 4.78 is 16.8. The molecular formula is C25H24N2O3. The zero-order valence-electron chi connectivity index (χ0n) is 17.2. The molecular weight excluding hydrogens is 376 g/mol. The summed E-state index contributed by atoms with van der Waals surface area (Å²) in [5.41, 5.74) is 4.32. The van der Waals surface area contributed by atoms with E-state index in [-0.39, 0.29) is 0 Å². The molecule has 1 aliphatic heterocycles. The Morgan fingerprint density at radius 3 is 2.47 bits per heavy atom. The molecule has 2 heterocycles. The van der Waals surface area contributed by atoms with E-state index in [0.717, 1.165) is 47.7 Å². The fraction of sp³-hybridized carbons (Fsp3) is 0.200. The number of aliphatic imine (C=N–C) groups is 1. The number of benzene rings is 2. The summed E-state index contributed by atoms with van der Waals surface area (Å²) in [6.07, 6.45) is 7.85. The van der Waals surface area contributed by atoms with E-state index >= 15 is 0 Å². The van der Waals surface area contributed by atoms with Crippen LogP contribution in [0.15, 0.2) is 77.6 Å². The van der Waals surface area contributed by atoms with Crippen molar-refractivity contribution in [1.82, 2.24) is 4.98 Å². The first-order valence-electron chi connectivity index (χ1n) is 9.92. The molecule has 0 atom stereocenters. The smallest absolute Gasteiger partial charge is 0.169 e. The van der Waals surface area contributed by atoms with Gasteiger partial charge in [0.05, 0.1) is 19.9 Å². The van der Waals surface area contributed by atoms with Gasteiger partial charge in [-0.1, -0.05) is 6.07 Å². The largest absolute Gasteiger partial charge is 0.497 e. The van der Waals surface area contributed by atoms with Crippen molar-refractivity contribution in [3.05, 3.63) is 83.7 Å². The quantitative estimate of drug-likeness (QED) is 0.544. The van der Waals surface area contributed by atoms with Crippen LogP contribution >= 0.6 is 0 Å². The third-order valence-corrected chi connectivity index (χ3v) is 4.93. The van der Waals surface area contributed by atoms with Crippen LogP contribution in [0, 0.1) is 0 Å². The highest BCUT2D eigenvalue weighted by atomic mass is 16.5. The molecule has 0 saturated heterocycles. The molecule has 30 heavy (non-hydrogen) atoms. The molecule has 1 aliphatic rings. The van der Waals surface area contributed by atoms with Crippen LogP contribution in [0.3, 0.4) is 0 Å². The first kappa shape index (κ1) is 19.7. The van der Waals surface area contributed by atoms with Crippen molar-refractivity contribution in [2.75, 3.05) is 20.8 Å². The molecule has 0 unspecified atom stereocenters. The normalized spacial score (nSPS) is 14.9. The second-order valence-electron chi connectivity index (χ2n) is 6.93. The average Bonchev–Trinajstić information content (AvgIpc) is 2.81. The monoisotopic (exact) mass is 400 g/mol. The van der Waals surface area contributed by atoms with E-state index in [9.17, 15) is 0 Å². The first-order valence-corrected chi connectivity index (χ1v) is 9.92. The highest BCUT2D eigenvalue weighted by molar-refractivity contribution is 6.15. The molecule has 0 radical (unpaired) electrons. The van der Waals surface area contributed by atoms with E-state index in [1.165, 1.54) is 5.57 Å². The summed E-state index contributed by atoms with van der Waals surface area (Å²) in [6.45, 7) is 0.847. The van der Waals surface area contributed by atoms with Crippen LogP contribution < -0.4 is 14.2 Å². The molecule has 0 N–H and O–H groups in total. The molecule has 0 amide bonds. The number of aromatic nitrogens is 1. The second-order valence-corrected chi connectivity index (χ2v) is 6.93. The third-order valence-electron chi connectivity index (χ3n) is 4.93. The van der Waals surface area contributed by atoms with Crippen molar-refractivity contribution in [3.8, 4) is 23.0 Å². The number of allylic oxidation sites excluding steroid dienone is 1. The zero-order valence-corrected chi connectivity index (χ0v) is 17.2. The Labute approximate surface area is 176 Å². The first-order chi connectivity index (χ1) is 14.8. The Hall–Kier alpha value is -3.60. The highest BCUT2D eigenvalue weighted by Crippen LogP contribution is 2.34. The Balaban J connectivity index is 1.60. The fourth-order valence-corrected chi connectivity index (χ4v) is 3.43. The predicted octanol–water partition coefficient (Wildman–Crippen LogP) is 5.56. The van der Waals surface area contributed by atoms with Crippen molar-refractivity contribution in [3.63, 3.8) is 0 Å². The van der Waals surface area contributed by atoms with Crippen LogP contribution in [0.4, 0.5) is 0 Å². The number of hydrogen-bond donors (Lipinski definition) is 0. The molecule has 1 aromatic heterocycles. The van der Waals surface area contributed by atoms with E-state index in [1.807, 2.05) is 54.7 Å². The fourth-order valence-electron chi connectivity index (χ4n) is 3.43. The molecule has 2 aromatic carbocycles. The van der Waals surface area contributed by atoms with Crippen molar-refractivity contribution >= 4 is 11.8 Å². The van der Waals surface area contributed by atoms with Gasteiger partial charge in [-0.3, -0.25) is 9.98 Å². The molecule has 0 fully saturated rings. The van der Waals surface area contributed by atoms with Gasteiger partial charge in [0.2, 0.25) is 0 Å². The van der Waals surface area contributed by atoms with Crippen LogP contribution in [0.1, 0.15) is 24.0 Å². The van der Waals surface area contributed by atoms with Crippen LogP contribution in [0.5, 0.6) is 23.0 Å². The van der Waals surface area contributed by atoms with E-state index in [0.29, 0.717) is 11.5 Å². The summed E-state index contributed by atoms with van der Waals surface area (Å²) in [5.74, 6) is 2.85. The van der Waals surface area contributed by atoms with Gasteiger partial charge < -0.3 is 14.2 Å². The number of methoxy groups -OCH3 is 2. The lowest BCUT2D eigenvalue weighted by Crippen LogP contribution is -2.11. The molecule has 5 nitrogen and oxygen atoms in total. The lowest BCUT2D eigenvalue weighted by molar-refractivity contribution is 0.378. The van der Waals surface area contributed by atoms with E-state index in [2.05, 4.69) is 17.1 Å². The number of pyridine rings is 1. The van der Waals surface area contributed by atoms with Crippen molar-refractivity contribution in [1.29, 1.82) is 0 Å². The number of ether oxygens (including phenoxy) is 3. The minimum absolute atomic E-state index is 0.662. The molecule has 0 aliphatic carbocycles. The molecule has 152 valence electrons. The van der Waals surface area contributed by atoms with Crippen molar-refractivity contribution < 1.29 is 14.2 Å². The summed E-state index contributed by atoms with van der Waals surface area (Å²) >= 11 is 0. The lowest BCUT2D eigenvalue weighted by atomic mass is 9.95. The summed E-state index contributed by atoms with van der Waals surface area (Å²) in [5, 5.41) is 0. The van der Waals surface area contributed by atoms with Crippen molar-refractivity contribution in [2.45, 2.75) is 12.8 Å². The van der Waals surface area contributed by atoms with Gasteiger partial charge in [-0.25, -0.2) is 0 Å². The average molecular weight is 400 g/mol. The third kappa shape index (κ3) is 4.51. The SMILES string of the molecule is COc1ccc(Oc2ccc(/C=C3\CCCN=C3c3cccnc3)cc2OC)cc1. The van der Waals surface area contributed by atoms with Crippen LogP contribution in [0.2, 0.25) is 0 Å². The summed E-state index contributed by atoms with van der Waals surface area (Å²) in [6, 6.07) is 17.4. The van der Waals surface area contributed by atoms with Crippen LogP contribution in [-0.2, 0) is 0 Å². The number of nitrogens with zero attached hydrogens (tertiary/aromatic N) is 2. The van der Waals surface area contributed by atoms with Gasteiger partial charge in [0.25, 0.3) is 0 Å². The summed E-state index contributed by atoms with van der Waals surface area (Å²) in [7, 11) is 3.29. The maximum atomic E-state index is 6.00. The van der Waals surface area contributed by atoms with Crippen molar-refractivity contribution in [2.24, 2.45) is 4.99 Å². The van der Waals surface area contributed by atoms with Gasteiger partial charge in [0.1, 0.15) is 11.5 Å². The summed E-state index contributed by atoms with van der Waals surface area (Å²) in [4.78, 5) is 8.99. The number of rotatable bonds is 6. The molecule has 0 spiro atoms.